The largest absolute Gasteiger partial charge is 0.468 e. The maximum Gasteiger partial charge on any atom is 0.325 e. The van der Waals surface area contributed by atoms with Gasteiger partial charge in [-0.2, -0.15) is 5.10 Å². The van der Waals surface area contributed by atoms with E-state index in [9.17, 15) is 4.79 Å². The molecule has 0 fully saturated rings. The summed E-state index contributed by atoms with van der Waals surface area (Å²) >= 11 is 1.49. The van der Waals surface area contributed by atoms with Crippen molar-refractivity contribution in [2.75, 3.05) is 7.11 Å². The molecule has 0 N–H and O–H groups in total. The van der Waals surface area contributed by atoms with Crippen molar-refractivity contribution in [1.29, 1.82) is 0 Å². The summed E-state index contributed by atoms with van der Waals surface area (Å²) in [7, 11) is 1.38. The van der Waals surface area contributed by atoms with Crippen molar-refractivity contribution >= 4 is 33.7 Å². The van der Waals surface area contributed by atoms with Crippen molar-refractivity contribution < 1.29 is 9.53 Å². The smallest absolute Gasteiger partial charge is 0.325 e. The molecule has 6 heteroatoms. The molecule has 0 bridgehead atoms. The van der Waals surface area contributed by atoms with Crippen LogP contribution < -0.4 is 4.80 Å². The first-order valence-electron chi connectivity index (χ1n) is 7.46. The summed E-state index contributed by atoms with van der Waals surface area (Å²) in [5, 5.41) is 8.46. The van der Waals surface area contributed by atoms with Gasteiger partial charge in [0.2, 0.25) is 4.80 Å². The molecular weight excluding hydrogens is 322 g/mol. The van der Waals surface area contributed by atoms with Crippen LogP contribution in [0.15, 0.2) is 58.7 Å². The standard InChI is InChI=1S/C18H17N3O2S/c1-13-7-9-14(10-8-13)11-19-20-18-21(12-17(22)23-2)15-5-3-4-6-16(15)24-18/h3-11H,12H2,1-2H3/b19-11+,20-18+. The lowest BCUT2D eigenvalue weighted by atomic mass is 10.2. The van der Waals surface area contributed by atoms with E-state index in [4.69, 9.17) is 4.74 Å². The Morgan fingerprint density at radius 1 is 1.21 bits per heavy atom. The van der Waals surface area contributed by atoms with Crippen molar-refractivity contribution in [1.82, 2.24) is 4.57 Å². The molecule has 0 atom stereocenters. The Kier molecular flexibility index (Phi) is 4.86. The topological polar surface area (TPSA) is 56.0 Å². The minimum atomic E-state index is -0.317. The summed E-state index contributed by atoms with van der Waals surface area (Å²) in [5.74, 6) is -0.317. The number of nitrogens with zero attached hydrogens (tertiary/aromatic N) is 3. The summed E-state index contributed by atoms with van der Waals surface area (Å²) in [6, 6.07) is 15.9. The fourth-order valence-corrected chi connectivity index (χ4v) is 3.23. The Morgan fingerprint density at radius 3 is 2.71 bits per heavy atom. The third-order valence-electron chi connectivity index (χ3n) is 3.53. The summed E-state index contributed by atoms with van der Waals surface area (Å²) < 4.78 is 7.64. The maximum atomic E-state index is 11.7. The van der Waals surface area contributed by atoms with Crippen LogP contribution in [0.25, 0.3) is 10.2 Å². The molecule has 3 rings (SSSR count). The van der Waals surface area contributed by atoms with Gasteiger partial charge in [-0.25, -0.2) is 0 Å². The monoisotopic (exact) mass is 339 g/mol. The molecule has 2 aromatic carbocycles. The van der Waals surface area contributed by atoms with Gasteiger partial charge < -0.3 is 9.30 Å². The second-order valence-corrected chi connectivity index (χ2v) is 6.28. The lowest BCUT2D eigenvalue weighted by Crippen LogP contribution is -2.20. The van der Waals surface area contributed by atoms with Gasteiger partial charge in [0, 0.05) is 0 Å². The summed E-state index contributed by atoms with van der Waals surface area (Å²) in [4.78, 5) is 12.3. The molecule has 0 spiro atoms. The minimum absolute atomic E-state index is 0.111. The zero-order chi connectivity index (χ0) is 16.9. The Balaban J connectivity index is 1.99. The van der Waals surface area contributed by atoms with Crippen molar-refractivity contribution in [3.63, 3.8) is 0 Å². The van der Waals surface area contributed by atoms with Crippen molar-refractivity contribution in [2.45, 2.75) is 13.5 Å². The fraction of sp³-hybridized carbons (Fsp3) is 0.167. The third kappa shape index (κ3) is 3.60. The molecule has 1 aromatic heterocycles. The van der Waals surface area contributed by atoms with E-state index in [0.29, 0.717) is 4.80 Å². The highest BCUT2D eigenvalue weighted by Gasteiger charge is 2.09. The van der Waals surface area contributed by atoms with Gasteiger partial charge in [0.15, 0.2) is 0 Å². The number of methoxy groups -OCH3 is 1. The number of carbonyl (C=O) groups is 1. The van der Waals surface area contributed by atoms with Gasteiger partial charge in [-0.1, -0.05) is 53.3 Å². The molecule has 0 saturated heterocycles. The lowest BCUT2D eigenvalue weighted by molar-refractivity contribution is -0.141. The van der Waals surface area contributed by atoms with E-state index in [2.05, 4.69) is 10.2 Å². The number of benzene rings is 2. The van der Waals surface area contributed by atoms with Gasteiger partial charge in [0.25, 0.3) is 0 Å². The zero-order valence-electron chi connectivity index (χ0n) is 13.5. The molecule has 122 valence electrons. The molecule has 0 aliphatic rings. The van der Waals surface area contributed by atoms with Gasteiger partial charge in [0.05, 0.1) is 23.5 Å². The second-order valence-electron chi connectivity index (χ2n) is 5.27. The number of ether oxygens (including phenoxy) is 1. The van der Waals surface area contributed by atoms with E-state index >= 15 is 0 Å². The highest BCUT2D eigenvalue weighted by molar-refractivity contribution is 7.16. The average Bonchev–Trinajstić information content (AvgIpc) is 2.94. The lowest BCUT2D eigenvalue weighted by Gasteiger charge is -2.02. The van der Waals surface area contributed by atoms with Crippen LogP contribution in [0.4, 0.5) is 0 Å². The van der Waals surface area contributed by atoms with Gasteiger partial charge in [-0.3, -0.25) is 4.79 Å². The molecule has 1 heterocycles. The van der Waals surface area contributed by atoms with E-state index in [1.807, 2.05) is 60.0 Å². The quantitative estimate of drug-likeness (QED) is 0.417. The van der Waals surface area contributed by atoms with Crippen LogP contribution in [0.2, 0.25) is 0 Å². The highest BCUT2D eigenvalue weighted by atomic mass is 32.1. The summed E-state index contributed by atoms with van der Waals surface area (Å²) in [6.07, 6.45) is 1.70. The molecule has 3 aromatic rings. The van der Waals surface area contributed by atoms with E-state index in [-0.39, 0.29) is 12.5 Å². The van der Waals surface area contributed by atoms with E-state index in [1.54, 1.807) is 6.21 Å². The van der Waals surface area contributed by atoms with Gasteiger partial charge in [0.1, 0.15) is 6.54 Å². The first kappa shape index (κ1) is 16.1. The summed E-state index contributed by atoms with van der Waals surface area (Å²) in [6.45, 7) is 2.15. The number of carbonyl (C=O) groups excluding carboxylic acids is 1. The zero-order valence-corrected chi connectivity index (χ0v) is 14.3. The van der Waals surface area contributed by atoms with Crippen molar-refractivity contribution in [3.8, 4) is 0 Å². The Morgan fingerprint density at radius 2 is 1.96 bits per heavy atom. The Bertz CT molecular complexity index is 952. The van der Waals surface area contributed by atoms with Gasteiger partial charge in [-0.15, -0.1) is 5.10 Å². The Labute approximate surface area is 143 Å². The number of hydrogen-bond acceptors (Lipinski definition) is 5. The van der Waals surface area contributed by atoms with E-state index in [0.717, 1.165) is 15.8 Å². The normalized spacial score (nSPS) is 12.2. The molecule has 0 unspecified atom stereocenters. The summed E-state index contributed by atoms with van der Waals surface area (Å²) in [5.41, 5.74) is 3.12. The second kappa shape index (κ2) is 7.23. The van der Waals surface area contributed by atoms with Crippen LogP contribution in [0.1, 0.15) is 11.1 Å². The molecular formula is C18H17N3O2S. The average molecular weight is 339 g/mol. The third-order valence-corrected chi connectivity index (χ3v) is 4.58. The first-order valence-corrected chi connectivity index (χ1v) is 8.28. The molecule has 5 nitrogen and oxygen atoms in total. The number of aryl methyl sites for hydroxylation is 1. The molecule has 0 saturated carbocycles. The van der Waals surface area contributed by atoms with Crippen LogP contribution >= 0.6 is 11.3 Å². The van der Waals surface area contributed by atoms with Crippen molar-refractivity contribution in [2.24, 2.45) is 10.2 Å². The van der Waals surface area contributed by atoms with Crippen LogP contribution in [0, 0.1) is 6.92 Å². The van der Waals surface area contributed by atoms with Gasteiger partial charge >= 0.3 is 5.97 Å². The number of thiazole rings is 1. The van der Waals surface area contributed by atoms with Crippen LogP contribution in [-0.4, -0.2) is 23.9 Å². The maximum absolute atomic E-state index is 11.7. The molecule has 0 radical (unpaired) electrons. The predicted molar refractivity (Wildman–Crippen MR) is 96.2 cm³/mol. The SMILES string of the molecule is COC(=O)Cn1/c(=N\N=C\c2ccc(C)cc2)sc2ccccc21. The molecule has 0 amide bonds. The van der Waals surface area contributed by atoms with Crippen molar-refractivity contribution in [3.05, 3.63) is 64.5 Å². The van der Waals surface area contributed by atoms with E-state index < -0.39 is 0 Å². The van der Waals surface area contributed by atoms with Crippen LogP contribution in [0.3, 0.4) is 0 Å². The van der Waals surface area contributed by atoms with E-state index in [1.165, 1.54) is 24.0 Å². The van der Waals surface area contributed by atoms with Crippen LogP contribution in [-0.2, 0) is 16.1 Å². The number of esters is 1. The molecule has 24 heavy (non-hydrogen) atoms. The minimum Gasteiger partial charge on any atom is -0.468 e. The number of hydrogen-bond donors (Lipinski definition) is 0. The van der Waals surface area contributed by atoms with Crippen LogP contribution in [0.5, 0.6) is 0 Å². The number of aromatic nitrogens is 1. The number of rotatable bonds is 4. The predicted octanol–water partition coefficient (Wildman–Crippen LogP) is 3.12. The number of fused-ring (bicyclic) bond motifs is 1. The fourth-order valence-electron chi connectivity index (χ4n) is 2.24. The molecule has 0 aliphatic carbocycles. The molecule has 0 aliphatic heterocycles. The highest BCUT2D eigenvalue weighted by Crippen LogP contribution is 2.16. The number of para-hydroxylation sites is 1. The van der Waals surface area contributed by atoms with Gasteiger partial charge in [-0.05, 0) is 24.6 Å². The first-order chi connectivity index (χ1) is 11.7. The Hall–Kier alpha value is -2.73.